The molecule has 128 valence electrons. The van der Waals surface area contributed by atoms with Gasteiger partial charge in [0.15, 0.2) is 0 Å². The van der Waals surface area contributed by atoms with Gasteiger partial charge >= 0.3 is 0 Å². The van der Waals surface area contributed by atoms with Gasteiger partial charge in [0.1, 0.15) is 11.1 Å². The average molecular weight is 342 g/mol. The second kappa shape index (κ2) is 7.25. The lowest BCUT2D eigenvalue weighted by Gasteiger charge is -2.32. The highest BCUT2D eigenvalue weighted by Gasteiger charge is 2.32. The maximum absolute atomic E-state index is 13.7. The molecule has 0 amide bonds. The minimum atomic E-state index is -3.30. The van der Waals surface area contributed by atoms with E-state index in [-0.39, 0.29) is 11.9 Å². The topological polar surface area (TPSA) is 58.6 Å². The number of nitrogens with one attached hydrogen (secondary N) is 1. The number of hydrogen-bond donors (Lipinski definition) is 1. The molecule has 1 atom stereocenters. The first-order chi connectivity index (χ1) is 11.0. The summed E-state index contributed by atoms with van der Waals surface area (Å²) in [6.45, 7) is 2.92. The van der Waals surface area contributed by atoms with E-state index < -0.39 is 15.3 Å². The van der Waals surface area contributed by atoms with Gasteiger partial charge in [-0.25, -0.2) is 17.5 Å². The largest absolute Gasteiger partial charge is 0.380 e. The number of ether oxygens (including phenoxy) is 1. The zero-order valence-corrected chi connectivity index (χ0v) is 13.9. The first-order valence-corrected chi connectivity index (χ1v) is 9.64. The van der Waals surface area contributed by atoms with Crippen LogP contribution in [0.5, 0.6) is 0 Å². The highest BCUT2D eigenvalue weighted by Crippen LogP contribution is 2.18. The second-order valence-electron chi connectivity index (χ2n) is 6.29. The Morgan fingerprint density at radius 1 is 1.22 bits per heavy atom. The van der Waals surface area contributed by atoms with Crippen LogP contribution in [-0.4, -0.2) is 50.9 Å². The summed E-state index contributed by atoms with van der Waals surface area (Å²) in [5.74, 6) is -0.184. The fraction of sp³-hybridized carbons (Fsp3) is 0.625. The Hall–Kier alpha value is -1.02. The van der Waals surface area contributed by atoms with E-state index in [2.05, 4.69) is 9.62 Å². The van der Waals surface area contributed by atoms with Gasteiger partial charge in [-0.15, -0.1) is 0 Å². The number of likely N-dealkylation sites (tertiary alicyclic amines) is 1. The Kier molecular flexibility index (Phi) is 5.31. The van der Waals surface area contributed by atoms with E-state index in [1.165, 1.54) is 6.07 Å². The number of halogens is 1. The normalized spacial score (nSPS) is 24.1. The smallest absolute Gasteiger partial charge is 0.217 e. The standard InChI is InChI=1S/C16H23FN2O3S/c17-16-4-2-1-3-13(16)11-19-8-5-14(6-9-19)18-23(20,21)15-7-10-22-12-15/h1-4,14-15,18H,5-12H2/t15-/m0/s1. The van der Waals surface area contributed by atoms with E-state index in [4.69, 9.17) is 4.74 Å². The second-order valence-corrected chi connectivity index (χ2v) is 8.28. The first kappa shape index (κ1) is 16.8. The average Bonchev–Trinajstić information content (AvgIpc) is 3.06. The molecular formula is C16H23FN2O3S. The van der Waals surface area contributed by atoms with E-state index >= 15 is 0 Å². The molecule has 2 fully saturated rings. The van der Waals surface area contributed by atoms with E-state index in [1.807, 2.05) is 6.07 Å². The Morgan fingerprint density at radius 3 is 2.61 bits per heavy atom. The molecule has 3 rings (SSSR count). The van der Waals surface area contributed by atoms with Crippen LogP contribution in [0.3, 0.4) is 0 Å². The number of sulfonamides is 1. The van der Waals surface area contributed by atoms with Gasteiger partial charge in [0.05, 0.1) is 6.61 Å². The highest BCUT2D eigenvalue weighted by molar-refractivity contribution is 7.90. The first-order valence-electron chi connectivity index (χ1n) is 8.09. The van der Waals surface area contributed by atoms with Gasteiger partial charge in [-0.3, -0.25) is 4.90 Å². The van der Waals surface area contributed by atoms with Gasteiger partial charge in [0.25, 0.3) is 0 Å². The summed E-state index contributed by atoms with van der Waals surface area (Å²) in [7, 11) is -3.30. The monoisotopic (exact) mass is 342 g/mol. The lowest BCUT2D eigenvalue weighted by atomic mass is 10.1. The van der Waals surface area contributed by atoms with E-state index in [1.54, 1.807) is 12.1 Å². The van der Waals surface area contributed by atoms with Gasteiger partial charge in [0.2, 0.25) is 10.0 Å². The molecule has 2 saturated heterocycles. The minimum absolute atomic E-state index is 0.0301. The SMILES string of the molecule is O=S(=O)(NC1CCN(Cc2ccccc2F)CC1)[C@H]1CCOC1. The van der Waals surface area contributed by atoms with Crippen molar-refractivity contribution in [3.05, 3.63) is 35.6 Å². The van der Waals surface area contributed by atoms with Crippen LogP contribution >= 0.6 is 0 Å². The number of rotatable bonds is 5. The molecule has 1 aromatic rings. The van der Waals surface area contributed by atoms with Crippen molar-refractivity contribution in [2.24, 2.45) is 0 Å². The summed E-state index contributed by atoms with van der Waals surface area (Å²) in [6, 6.07) is 6.76. The molecule has 7 heteroatoms. The maximum atomic E-state index is 13.7. The summed E-state index contributed by atoms with van der Waals surface area (Å²) in [5.41, 5.74) is 0.689. The van der Waals surface area contributed by atoms with Crippen molar-refractivity contribution in [2.45, 2.75) is 37.1 Å². The molecule has 2 aliphatic heterocycles. The molecule has 5 nitrogen and oxygen atoms in total. The van der Waals surface area contributed by atoms with Gasteiger partial charge in [-0.1, -0.05) is 18.2 Å². The Bertz CT molecular complexity index is 624. The number of nitrogens with zero attached hydrogens (tertiary/aromatic N) is 1. The third kappa shape index (κ3) is 4.29. The van der Waals surface area contributed by atoms with Crippen molar-refractivity contribution in [1.29, 1.82) is 0 Å². The summed E-state index contributed by atoms with van der Waals surface area (Å²) in [6.07, 6.45) is 2.07. The molecule has 0 unspecified atom stereocenters. The fourth-order valence-electron chi connectivity index (χ4n) is 3.16. The van der Waals surface area contributed by atoms with Crippen LogP contribution in [-0.2, 0) is 21.3 Å². The molecule has 1 aromatic carbocycles. The maximum Gasteiger partial charge on any atom is 0.217 e. The van der Waals surface area contributed by atoms with Crippen LogP contribution in [0.15, 0.2) is 24.3 Å². The fourth-order valence-corrected chi connectivity index (χ4v) is 4.74. The molecule has 0 spiro atoms. The Labute approximate surface area is 136 Å². The minimum Gasteiger partial charge on any atom is -0.380 e. The number of benzene rings is 1. The van der Waals surface area contributed by atoms with Crippen molar-refractivity contribution in [3.63, 3.8) is 0 Å². The highest BCUT2D eigenvalue weighted by atomic mass is 32.2. The molecule has 0 aromatic heterocycles. The summed E-state index contributed by atoms with van der Waals surface area (Å²) in [5, 5.41) is -0.418. The zero-order valence-electron chi connectivity index (χ0n) is 13.1. The van der Waals surface area contributed by atoms with Crippen LogP contribution < -0.4 is 4.72 Å². The predicted molar refractivity (Wildman–Crippen MR) is 86.0 cm³/mol. The molecule has 0 bridgehead atoms. The zero-order chi connectivity index (χ0) is 16.3. The quantitative estimate of drug-likeness (QED) is 0.881. The van der Waals surface area contributed by atoms with Crippen LogP contribution in [0.4, 0.5) is 4.39 Å². The molecule has 0 radical (unpaired) electrons. The molecular weight excluding hydrogens is 319 g/mol. The Morgan fingerprint density at radius 2 is 1.96 bits per heavy atom. The molecule has 0 saturated carbocycles. The summed E-state index contributed by atoms with van der Waals surface area (Å²) < 4.78 is 46.2. The summed E-state index contributed by atoms with van der Waals surface area (Å²) in [4.78, 5) is 2.17. The van der Waals surface area contributed by atoms with E-state index in [0.29, 0.717) is 31.7 Å². The van der Waals surface area contributed by atoms with Gasteiger partial charge in [-0.2, -0.15) is 0 Å². The van der Waals surface area contributed by atoms with Crippen molar-refractivity contribution in [2.75, 3.05) is 26.3 Å². The lowest BCUT2D eigenvalue weighted by molar-refractivity contribution is 0.195. The van der Waals surface area contributed by atoms with Gasteiger partial charge < -0.3 is 4.74 Å². The van der Waals surface area contributed by atoms with E-state index in [0.717, 1.165) is 25.9 Å². The van der Waals surface area contributed by atoms with Crippen LogP contribution in [0.2, 0.25) is 0 Å². The van der Waals surface area contributed by atoms with Crippen molar-refractivity contribution in [3.8, 4) is 0 Å². The molecule has 23 heavy (non-hydrogen) atoms. The molecule has 2 aliphatic rings. The third-order valence-electron chi connectivity index (χ3n) is 4.60. The number of piperidine rings is 1. The number of hydrogen-bond acceptors (Lipinski definition) is 4. The lowest BCUT2D eigenvalue weighted by Crippen LogP contribution is -2.47. The van der Waals surface area contributed by atoms with Crippen molar-refractivity contribution in [1.82, 2.24) is 9.62 Å². The molecule has 0 aliphatic carbocycles. The van der Waals surface area contributed by atoms with Crippen molar-refractivity contribution >= 4 is 10.0 Å². The van der Waals surface area contributed by atoms with E-state index in [9.17, 15) is 12.8 Å². The van der Waals surface area contributed by atoms with Crippen LogP contribution in [0, 0.1) is 5.82 Å². The third-order valence-corrected chi connectivity index (χ3v) is 6.51. The van der Waals surface area contributed by atoms with Crippen molar-refractivity contribution < 1.29 is 17.5 Å². The molecule has 1 N–H and O–H groups in total. The van der Waals surface area contributed by atoms with Gasteiger partial charge in [0, 0.05) is 37.8 Å². The van der Waals surface area contributed by atoms with Crippen LogP contribution in [0.25, 0.3) is 0 Å². The predicted octanol–water partition coefficient (Wildman–Crippen LogP) is 1.50. The molecule has 2 heterocycles. The van der Waals surface area contributed by atoms with Gasteiger partial charge in [-0.05, 0) is 25.3 Å². The summed E-state index contributed by atoms with van der Waals surface area (Å²) >= 11 is 0. The van der Waals surface area contributed by atoms with Crippen LogP contribution in [0.1, 0.15) is 24.8 Å². The Balaban J connectivity index is 1.49.